The maximum absolute atomic E-state index is 4.81. The Bertz CT molecular complexity index is 343. The van der Waals surface area contributed by atoms with Gasteiger partial charge in [0.15, 0.2) is 0 Å². The van der Waals surface area contributed by atoms with Gasteiger partial charge in [-0.15, -0.1) is 11.8 Å². The molecule has 1 aliphatic heterocycles. The molecule has 2 heterocycles. The molecule has 0 amide bonds. The lowest BCUT2D eigenvalue weighted by Crippen LogP contribution is -1.92. The summed E-state index contributed by atoms with van der Waals surface area (Å²) in [6, 6.07) is 1.92. The molecule has 0 bridgehead atoms. The van der Waals surface area contributed by atoms with Crippen molar-refractivity contribution in [1.82, 2.24) is 5.16 Å². The summed E-state index contributed by atoms with van der Waals surface area (Å²) in [6.45, 7) is 2.31. The largest absolute Gasteiger partial charge is 0.364 e. The van der Waals surface area contributed by atoms with Crippen molar-refractivity contribution in [2.75, 3.05) is 0 Å². The third-order valence-electron chi connectivity index (χ3n) is 2.64. The fourth-order valence-electron chi connectivity index (χ4n) is 1.68. The Labute approximate surface area is 75.0 Å². The van der Waals surface area contributed by atoms with Crippen molar-refractivity contribution in [1.29, 1.82) is 0 Å². The number of nitrogens with zero attached hydrogens (tertiary/aromatic N) is 1. The fraction of sp³-hybridized carbons (Fsp3) is 0.444. The number of allylic oxidation sites excluding steroid dienone is 1. The van der Waals surface area contributed by atoms with E-state index in [1.165, 1.54) is 11.3 Å². The van der Waals surface area contributed by atoms with Crippen molar-refractivity contribution in [3.8, 4) is 0 Å². The second-order valence-electron chi connectivity index (χ2n) is 3.64. The molecule has 3 rings (SSSR count). The SMILES string of the molecule is CC12CC1C=C(c1ccon1)S2. The lowest BCUT2D eigenvalue weighted by atomic mass is 10.3. The number of thioether (sulfide) groups is 1. The fourth-order valence-corrected chi connectivity index (χ4v) is 3.10. The second kappa shape index (κ2) is 1.96. The lowest BCUT2D eigenvalue weighted by Gasteiger charge is -2.03. The molecule has 12 heavy (non-hydrogen) atoms. The van der Waals surface area contributed by atoms with E-state index in [0.29, 0.717) is 4.75 Å². The van der Waals surface area contributed by atoms with Crippen LogP contribution in [0.5, 0.6) is 0 Å². The molecule has 3 heteroatoms. The van der Waals surface area contributed by atoms with E-state index in [-0.39, 0.29) is 0 Å². The van der Waals surface area contributed by atoms with Gasteiger partial charge in [0.1, 0.15) is 12.0 Å². The van der Waals surface area contributed by atoms with Crippen LogP contribution < -0.4 is 0 Å². The van der Waals surface area contributed by atoms with E-state index in [1.54, 1.807) is 6.26 Å². The van der Waals surface area contributed by atoms with E-state index < -0.39 is 0 Å². The van der Waals surface area contributed by atoms with Gasteiger partial charge in [-0.1, -0.05) is 11.2 Å². The van der Waals surface area contributed by atoms with E-state index in [1.807, 2.05) is 17.8 Å². The average molecular weight is 179 g/mol. The van der Waals surface area contributed by atoms with Crippen LogP contribution in [0.15, 0.2) is 22.9 Å². The monoisotopic (exact) mass is 179 g/mol. The smallest absolute Gasteiger partial charge is 0.124 e. The number of fused-ring (bicyclic) bond motifs is 1. The molecule has 1 fully saturated rings. The van der Waals surface area contributed by atoms with Crippen LogP contribution in [0.1, 0.15) is 19.0 Å². The van der Waals surface area contributed by atoms with Crippen molar-refractivity contribution in [3.05, 3.63) is 24.1 Å². The standard InChI is InChI=1S/C9H9NOS/c1-9-5-6(9)4-8(12-9)7-2-3-11-10-7/h2-4,6H,5H2,1H3. The van der Waals surface area contributed by atoms with Gasteiger partial charge >= 0.3 is 0 Å². The zero-order valence-electron chi connectivity index (χ0n) is 6.78. The van der Waals surface area contributed by atoms with Gasteiger partial charge in [0.25, 0.3) is 0 Å². The van der Waals surface area contributed by atoms with E-state index in [9.17, 15) is 0 Å². The Balaban J connectivity index is 1.94. The van der Waals surface area contributed by atoms with Crippen molar-refractivity contribution in [3.63, 3.8) is 0 Å². The zero-order valence-corrected chi connectivity index (χ0v) is 7.60. The molecule has 62 valence electrons. The van der Waals surface area contributed by atoms with Crippen LogP contribution in [-0.4, -0.2) is 9.90 Å². The third kappa shape index (κ3) is 0.800. The molecule has 1 aliphatic carbocycles. The minimum absolute atomic E-state index is 0.494. The molecule has 2 nitrogen and oxygen atoms in total. The summed E-state index contributed by atoms with van der Waals surface area (Å²) >= 11 is 1.94. The van der Waals surface area contributed by atoms with E-state index in [2.05, 4.69) is 18.2 Å². The number of aromatic nitrogens is 1. The first kappa shape index (κ1) is 6.78. The Hall–Kier alpha value is -0.700. The third-order valence-corrected chi connectivity index (χ3v) is 4.14. The van der Waals surface area contributed by atoms with E-state index in [4.69, 9.17) is 4.52 Å². The minimum atomic E-state index is 0.494. The van der Waals surface area contributed by atoms with Crippen molar-refractivity contribution in [2.24, 2.45) is 5.92 Å². The van der Waals surface area contributed by atoms with Crippen LogP contribution >= 0.6 is 11.8 Å². The van der Waals surface area contributed by atoms with Crippen molar-refractivity contribution < 1.29 is 4.52 Å². The molecular formula is C9H9NOS. The normalized spacial score (nSPS) is 37.8. The molecule has 0 N–H and O–H groups in total. The van der Waals surface area contributed by atoms with Crippen LogP contribution in [-0.2, 0) is 0 Å². The van der Waals surface area contributed by atoms with Gasteiger partial charge < -0.3 is 4.52 Å². The first-order chi connectivity index (χ1) is 5.78. The highest BCUT2D eigenvalue weighted by molar-refractivity contribution is 8.10. The first-order valence-electron chi connectivity index (χ1n) is 4.09. The Morgan fingerprint density at radius 1 is 1.75 bits per heavy atom. The van der Waals surface area contributed by atoms with Gasteiger partial charge in [-0.3, -0.25) is 0 Å². The zero-order chi connectivity index (χ0) is 8.18. The summed E-state index contributed by atoms with van der Waals surface area (Å²) in [7, 11) is 0. The maximum Gasteiger partial charge on any atom is 0.124 e. The van der Waals surface area contributed by atoms with E-state index in [0.717, 1.165) is 11.6 Å². The molecule has 2 unspecified atom stereocenters. The molecule has 0 radical (unpaired) electrons. The van der Waals surface area contributed by atoms with Crippen molar-refractivity contribution in [2.45, 2.75) is 18.1 Å². The van der Waals surface area contributed by atoms with Gasteiger partial charge in [-0.25, -0.2) is 0 Å². The van der Waals surface area contributed by atoms with Gasteiger partial charge in [-0.05, 0) is 19.3 Å². The van der Waals surface area contributed by atoms with Crippen LogP contribution in [0.2, 0.25) is 0 Å². The lowest BCUT2D eigenvalue weighted by molar-refractivity contribution is 0.418. The molecule has 2 aliphatic rings. The molecule has 1 aromatic rings. The highest BCUT2D eigenvalue weighted by Crippen LogP contribution is 2.64. The molecule has 0 saturated heterocycles. The minimum Gasteiger partial charge on any atom is -0.364 e. The summed E-state index contributed by atoms with van der Waals surface area (Å²) in [5, 5.41) is 3.92. The highest BCUT2D eigenvalue weighted by Gasteiger charge is 2.54. The summed E-state index contributed by atoms with van der Waals surface area (Å²) in [5.41, 5.74) is 0.994. The maximum atomic E-state index is 4.81. The van der Waals surface area contributed by atoms with E-state index >= 15 is 0 Å². The van der Waals surface area contributed by atoms with Crippen LogP contribution in [0.3, 0.4) is 0 Å². The topological polar surface area (TPSA) is 26.0 Å². The average Bonchev–Trinajstić information content (AvgIpc) is 2.57. The van der Waals surface area contributed by atoms with Gasteiger partial charge in [-0.2, -0.15) is 0 Å². The number of hydrogen-bond donors (Lipinski definition) is 0. The van der Waals surface area contributed by atoms with Crippen LogP contribution in [0, 0.1) is 5.92 Å². The van der Waals surface area contributed by atoms with Crippen molar-refractivity contribution >= 4 is 16.7 Å². The molecule has 1 saturated carbocycles. The summed E-state index contributed by atoms with van der Waals surface area (Å²) in [5.74, 6) is 0.786. The molecule has 2 atom stereocenters. The Morgan fingerprint density at radius 3 is 3.25 bits per heavy atom. The number of hydrogen-bond acceptors (Lipinski definition) is 3. The quantitative estimate of drug-likeness (QED) is 0.662. The molecular weight excluding hydrogens is 170 g/mol. The van der Waals surface area contributed by atoms with Gasteiger partial charge in [0.05, 0.1) is 0 Å². The predicted molar refractivity (Wildman–Crippen MR) is 48.6 cm³/mol. The summed E-state index contributed by atoms with van der Waals surface area (Å²) in [6.07, 6.45) is 5.28. The Morgan fingerprint density at radius 2 is 2.67 bits per heavy atom. The Kier molecular flexibility index (Phi) is 1.11. The van der Waals surface area contributed by atoms with Gasteiger partial charge in [0, 0.05) is 15.7 Å². The molecule has 1 aromatic heterocycles. The van der Waals surface area contributed by atoms with Crippen LogP contribution in [0.25, 0.3) is 4.91 Å². The first-order valence-corrected chi connectivity index (χ1v) is 4.91. The second-order valence-corrected chi connectivity index (χ2v) is 5.22. The predicted octanol–water partition coefficient (Wildman–Crippen LogP) is 2.54. The molecule has 0 aromatic carbocycles. The molecule has 0 spiro atoms. The number of rotatable bonds is 1. The van der Waals surface area contributed by atoms with Gasteiger partial charge in [0.2, 0.25) is 0 Å². The highest BCUT2D eigenvalue weighted by atomic mass is 32.2. The summed E-state index contributed by atoms with van der Waals surface area (Å²) in [4.78, 5) is 1.29. The summed E-state index contributed by atoms with van der Waals surface area (Å²) < 4.78 is 5.30. The van der Waals surface area contributed by atoms with Crippen LogP contribution in [0.4, 0.5) is 0 Å².